The van der Waals surface area contributed by atoms with Crippen molar-refractivity contribution in [3.8, 4) is 0 Å². The van der Waals surface area contributed by atoms with E-state index in [0.29, 0.717) is 17.1 Å². The Morgan fingerprint density at radius 1 is 1.35 bits per heavy atom. The van der Waals surface area contributed by atoms with Gasteiger partial charge in [-0.3, -0.25) is 0 Å². The molecule has 2 aromatic heterocycles. The number of hydrogen-bond donors (Lipinski definition) is 1. The highest BCUT2D eigenvalue weighted by Crippen LogP contribution is 2.32. The molecule has 1 N–H and O–H groups in total. The number of para-hydroxylation sites is 1. The predicted molar refractivity (Wildman–Crippen MR) is 92.9 cm³/mol. The molecule has 0 fully saturated rings. The molecule has 0 aliphatic carbocycles. The maximum absolute atomic E-state index is 11.9. The van der Waals surface area contributed by atoms with Crippen LogP contribution in [0, 0.1) is 0 Å². The Bertz CT molecular complexity index is 879. The molecule has 118 valence electrons. The van der Waals surface area contributed by atoms with Gasteiger partial charge < -0.3 is 10.1 Å². The Kier molecular flexibility index (Phi) is 4.45. The Hall–Kier alpha value is -2.18. The lowest BCUT2D eigenvalue weighted by atomic mass is 10.1. The van der Waals surface area contributed by atoms with Gasteiger partial charge in [0.15, 0.2) is 0 Å². The highest BCUT2D eigenvalue weighted by atomic mass is 35.5. The van der Waals surface area contributed by atoms with Gasteiger partial charge in [0.25, 0.3) is 0 Å². The first-order valence-electron chi connectivity index (χ1n) is 7.02. The van der Waals surface area contributed by atoms with E-state index >= 15 is 0 Å². The zero-order valence-electron chi connectivity index (χ0n) is 12.6. The SMILES string of the molecule is CCc1cc2c(Nc3ccccc3C(=O)OC)nc(Cl)nc2s1. The fraction of sp³-hybridized carbons (Fsp3) is 0.188. The number of nitrogens with one attached hydrogen (secondary N) is 1. The quantitative estimate of drug-likeness (QED) is 0.558. The standard InChI is InChI=1S/C16H14ClN3O2S/c1-3-9-8-11-13(19-16(17)20-14(11)23-9)18-12-7-5-4-6-10(12)15(21)22-2/h4-8H,3H2,1-2H3,(H,18,19,20). The Balaban J connectivity index is 2.08. The molecule has 0 saturated heterocycles. The molecule has 23 heavy (non-hydrogen) atoms. The van der Waals surface area contributed by atoms with Crippen molar-refractivity contribution in [2.45, 2.75) is 13.3 Å². The maximum atomic E-state index is 11.9. The third-order valence-electron chi connectivity index (χ3n) is 3.35. The molecule has 3 rings (SSSR count). The molecular formula is C16H14ClN3O2S. The highest BCUT2D eigenvalue weighted by Gasteiger charge is 2.15. The number of rotatable bonds is 4. The third-order valence-corrected chi connectivity index (χ3v) is 4.69. The monoisotopic (exact) mass is 347 g/mol. The number of carbonyl (C=O) groups is 1. The number of aromatic nitrogens is 2. The van der Waals surface area contributed by atoms with Gasteiger partial charge in [0.1, 0.15) is 10.6 Å². The van der Waals surface area contributed by atoms with Crippen LogP contribution in [0.4, 0.5) is 11.5 Å². The molecule has 0 saturated carbocycles. The average Bonchev–Trinajstić information content (AvgIpc) is 2.98. The molecule has 0 aliphatic rings. The minimum Gasteiger partial charge on any atom is -0.465 e. The second-order valence-electron chi connectivity index (χ2n) is 4.79. The third kappa shape index (κ3) is 3.13. The van der Waals surface area contributed by atoms with Crippen molar-refractivity contribution in [3.05, 3.63) is 46.1 Å². The zero-order chi connectivity index (χ0) is 16.4. The normalized spacial score (nSPS) is 10.7. The van der Waals surface area contributed by atoms with Crippen LogP contribution in [0.25, 0.3) is 10.2 Å². The van der Waals surface area contributed by atoms with Crippen LogP contribution in [0.2, 0.25) is 5.28 Å². The molecule has 0 amide bonds. The number of carbonyl (C=O) groups excluding carboxylic acids is 1. The Morgan fingerprint density at radius 3 is 2.87 bits per heavy atom. The van der Waals surface area contributed by atoms with E-state index < -0.39 is 5.97 Å². The van der Waals surface area contributed by atoms with Crippen molar-refractivity contribution >= 4 is 50.6 Å². The summed E-state index contributed by atoms with van der Waals surface area (Å²) >= 11 is 7.61. The molecule has 2 heterocycles. The second-order valence-corrected chi connectivity index (χ2v) is 6.24. The number of halogens is 1. The predicted octanol–water partition coefficient (Wildman–Crippen LogP) is 4.44. The largest absolute Gasteiger partial charge is 0.465 e. The van der Waals surface area contributed by atoms with Gasteiger partial charge in [-0.1, -0.05) is 19.1 Å². The van der Waals surface area contributed by atoms with Crippen LogP contribution in [-0.2, 0) is 11.2 Å². The highest BCUT2D eigenvalue weighted by molar-refractivity contribution is 7.18. The first-order valence-corrected chi connectivity index (χ1v) is 8.22. The van der Waals surface area contributed by atoms with Crippen molar-refractivity contribution in [1.82, 2.24) is 9.97 Å². The van der Waals surface area contributed by atoms with Crippen molar-refractivity contribution in [1.29, 1.82) is 0 Å². The fourth-order valence-corrected chi connectivity index (χ4v) is 3.41. The van der Waals surface area contributed by atoms with Gasteiger partial charge in [0.05, 0.1) is 23.7 Å². The lowest BCUT2D eigenvalue weighted by Crippen LogP contribution is -2.06. The summed E-state index contributed by atoms with van der Waals surface area (Å²) < 4.78 is 4.81. The number of nitrogens with zero attached hydrogens (tertiary/aromatic N) is 2. The summed E-state index contributed by atoms with van der Waals surface area (Å²) in [5.41, 5.74) is 1.04. The maximum Gasteiger partial charge on any atom is 0.339 e. The molecule has 1 aromatic carbocycles. The van der Waals surface area contributed by atoms with Crippen molar-refractivity contribution < 1.29 is 9.53 Å². The minimum absolute atomic E-state index is 0.167. The summed E-state index contributed by atoms with van der Waals surface area (Å²) in [5.74, 6) is 0.163. The number of aryl methyl sites for hydroxylation is 1. The van der Waals surface area contributed by atoms with E-state index in [0.717, 1.165) is 16.6 Å². The van der Waals surface area contributed by atoms with E-state index in [9.17, 15) is 4.79 Å². The second kappa shape index (κ2) is 6.52. The van der Waals surface area contributed by atoms with Crippen molar-refractivity contribution in [3.63, 3.8) is 0 Å². The number of methoxy groups -OCH3 is 1. The summed E-state index contributed by atoms with van der Waals surface area (Å²) in [6.45, 7) is 2.08. The molecule has 0 atom stereocenters. The molecule has 0 bridgehead atoms. The lowest BCUT2D eigenvalue weighted by Gasteiger charge is -2.10. The first-order chi connectivity index (χ1) is 11.1. The van der Waals surface area contributed by atoms with Gasteiger partial charge >= 0.3 is 5.97 Å². The van der Waals surface area contributed by atoms with Gasteiger partial charge in [0, 0.05) is 4.88 Å². The number of esters is 1. The Labute approximate surface area is 142 Å². The van der Waals surface area contributed by atoms with E-state index in [4.69, 9.17) is 16.3 Å². The van der Waals surface area contributed by atoms with Gasteiger partial charge in [-0.25, -0.2) is 9.78 Å². The van der Waals surface area contributed by atoms with Crippen LogP contribution in [0.15, 0.2) is 30.3 Å². The number of anilines is 2. The van der Waals surface area contributed by atoms with Crippen LogP contribution < -0.4 is 5.32 Å². The summed E-state index contributed by atoms with van der Waals surface area (Å²) in [7, 11) is 1.35. The average molecular weight is 348 g/mol. The van der Waals surface area contributed by atoms with Crippen molar-refractivity contribution in [2.24, 2.45) is 0 Å². The molecule has 7 heteroatoms. The van der Waals surface area contributed by atoms with E-state index in [2.05, 4.69) is 22.2 Å². The zero-order valence-corrected chi connectivity index (χ0v) is 14.2. The van der Waals surface area contributed by atoms with Gasteiger partial charge in [-0.05, 0) is 36.2 Å². The number of fused-ring (bicyclic) bond motifs is 1. The lowest BCUT2D eigenvalue weighted by molar-refractivity contribution is 0.0602. The van der Waals surface area contributed by atoms with Gasteiger partial charge in [-0.15, -0.1) is 11.3 Å². The molecule has 0 aliphatic heterocycles. The van der Waals surface area contributed by atoms with E-state index in [1.807, 2.05) is 12.1 Å². The van der Waals surface area contributed by atoms with Crippen LogP contribution in [-0.4, -0.2) is 23.0 Å². The van der Waals surface area contributed by atoms with Gasteiger partial charge in [0.2, 0.25) is 5.28 Å². The van der Waals surface area contributed by atoms with Gasteiger partial charge in [-0.2, -0.15) is 4.98 Å². The molecule has 3 aromatic rings. The van der Waals surface area contributed by atoms with E-state index in [1.54, 1.807) is 29.5 Å². The van der Waals surface area contributed by atoms with Crippen LogP contribution in [0.3, 0.4) is 0 Å². The summed E-state index contributed by atoms with van der Waals surface area (Å²) in [4.78, 5) is 22.4. The van der Waals surface area contributed by atoms with Crippen molar-refractivity contribution in [2.75, 3.05) is 12.4 Å². The molecule has 0 unspecified atom stereocenters. The number of hydrogen-bond acceptors (Lipinski definition) is 6. The number of benzene rings is 1. The first kappa shape index (κ1) is 15.7. The smallest absolute Gasteiger partial charge is 0.339 e. The topological polar surface area (TPSA) is 64.1 Å². The Morgan fingerprint density at radius 2 is 2.13 bits per heavy atom. The summed E-state index contributed by atoms with van der Waals surface area (Å²) in [5, 5.41) is 4.23. The summed E-state index contributed by atoms with van der Waals surface area (Å²) in [6, 6.07) is 9.14. The molecule has 5 nitrogen and oxygen atoms in total. The number of thiophene rings is 1. The van der Waals surface area contributed by atoms with Crippen LogP contribution >= 0.6 is 22.9 Å². The molecular weight excluding hydrogens is 334 g/mol. The minimum atomic E-state index is -0.413. The van der Waals surface area contributed by atoms with Crippen LogP contribution in [0.1, 0.15) is 22.2 Å². The van der Waals surface area contributed by atoms with Crippen LogP contribution in [0.5, 0.6) is 0 Å². The van der Waals surface area contributed by atoms with E-state index in [1.165, 1.54) is 12.0 Å². The summed E-state index contributed by atoms with van der Waals surface area (Å²) in [6.07, 6.45) is 0.914. The molecule has 0 spiro atoms. The molecule has 0 radical (unpaired) electrons. The number of ether oxygens (including phenoxy) is 1. The van der Waals surface area contributed by atoms with E-state index in [-0.39, 0.29) is 5.28 Å². The fourth-order valence-electron chi connectivity index (χ4n) is 2.22.